The fourth-order valence-electron chi connectivity index (χ4n) is 1.51. The lowest BCUT2D eigenvalue weighted by molar-refractivity contribution is 0.318. The molecule has 0 fully saturated rings. The number of nitrogens with zero attached hydrogens (tertiary/aromatic N) is 2. The molecule has 0 spiro atoms. The van der Waals surface area contributed by atoms with Crippen LogP contribution in [0.15, 0.2) is 46.6 Å². The van der Waals surface area contributed by atoms with Gasteiger partial charge in [0.1, 0.15) is 17.3 Å². The topological polar surface area (TPSA) is 71.5 Å². The number of pyridine rings is 1. The summed E-state index contributed by atoms with van der Waals surface area (Å²) >= 11 is 1.22. The highest BCUT2D eigenvalue weighted by atomic mass is 32.2. The molecule has 1 aromatic carbocycles. The van der Waals surface area contributed by atoms with Crippen molar-refractivity contribution in [2.75, 3.05) is 0 Å². The van der Waals surface area contributed by atoms with Crippen molar-refractivity contribution in [3.63, 3.8) is 0 Å². The van der Waals surface area contributed by atoms with E-state index in [2.05, 4.69) is 10.1 Å². The van der Waals surface area contributed by atoms with Crippen molar-refractivity contribution in [1.29, 1.82) is 0 Å². The zero-order valence-corrected chi connectivity index (χ0v) is 11.1. The van der Waals surface area contributed by atoms with Crippen molar-refractivity contribution in [3.05, 3.63) is 59.4 Å². The first-order valence-electron chi connectivity index (χ1n) is 5.61. The third-order valence-corrected chi connectivity index (χ3v) is 3.60. The summed E-state index contributed by atoms with van der Waals surface area (Å²) in [7, 11) is 0. The van der Waals surface area contributed by atoms with Gasteiger partial charge in [-0.15, -0.1) is 11.8 Å². The molecule has 7 heteroatoms. The summed E-state index contributed by atoms with van der Waals surface area (Å²) in [4.78, 5) is 4.30. The van der Waals surface area contributed by atoms with Crippen LogP contribution in [0.3, 0.4) is 0 Å². The van der Waals surface area contributed by atoms with Gasteiger partial charge in [-0.3, -0.25) is 4.98 Å². The van der Waals surface area contributed by atoms with Gasteiger partial charge in [0.2, 0.25) is 0 Å². The SMILES string of the molecule is NC(=NO)c1cc(CSc2ccc(F)cc2F)ccn1. The molecule has 0 saturated carbocycles. The molecular formula is C13H11F2N3OS. The number of hydrogen-bond donors (Lipinski definition) is 2. The van der Waals surface area contributed by atoms with E-state index in [1.54, 1.807) is 12.1 Å². The molecule has 2 aromatic rings. The predicted molar refractivity (Wildman–Crippen MR) is 72.7 cm³/mol. The van der Waals surface area contributed by atoms with E-state index in [0.29, 0.717) is 16.3 Å². The monoisotopic (exact) mass is 295 g/mol. The molecule has 4 nitrogen and oxygen atoms in total. The van der Waals surface area contributed by atoms with Crippen molar-refractivity contribution < 1.29 is 14.0 Å². The Kier molecular flexibility index (Phi) is 4.52. The molecule has 0 aliphatic heterocycles. The minimum atomic E-state index is -0.607. The number of aromatic nitrogens is 1. The number of halogens is 2. The summed E-state index contributed by atoms with van der Waals surface area (Å²) in [6.07, 6.45) is 1.52. The zero-order chi connectivity index (χ0) is 14.5. The Hall–Kier alpha value is -2.15. The van der Waals surface area contributed by atoms with Crippen molar-refractivity contribution in [1.82, 2.24) is 4.98 Å². The van der Waals surface area contributed by atoms with E-state index in [0.717, 1.165) is 11.6 Å². The van der Waals surface area contributed by atoms with E-state index in [-0.39, 0.29) is 5.84 Å². The lowest BCUT2D eigenvalue weighted by atomic mass is 10.2. The molecule has 0 radical (unpaired) electrons. The largest absolute Gasteiger partial charge is 0.409 e. The molecule has 1 aromatic heterocycles. The Labute approximate surface area is 118 Å². The van der Waals surface area contributed by atoms with Gasteiger partial charge in [-0.2, -0.15) is 0 Å². The molecule has 0 aliphatic carbocycles. The number of amidine groups is 1. The first-order chi connectivity index (χ1) is 9.60. The van der Waals surface area contributed by atoms with Gasteiger partial charge < -0.3 is 10.9 Å². The summed E-state index contributed by atoms with van der Waals surface area (Å²) in [5.74, 6) is -0.841. The Morgan fingerprint density at radius 1 is 1.30 bits per heavy atom. The van der Waals surface area contributed by atoms with E-state index >= 15 is 0 Å². The van der Waals surface area contributed by atoms with Crippen LogP contribution in [0.2, 0.25) is 0 Å². The molecule has 2 rings (SSSR count). The van der Waals surface area contributed by atoms with Gasteiger partial charge in [-0.25, -0.2) is 8.78 Å². The maximum absolute atomic E-state index is 13.5. The van der Waals surface area contributed by atoms with E-state index in [4.69, 9.17) is 10.9 Å². The smallest absolute Gasteiger partial charge is 0.188 e. The van der Waals surface area contributed by atoms with Gasteiger partial charge in [0.25, 0.3) is 0 Å². The summed E-state index contributed by atoms with van der Waals surface area (Å²) in [6.45, 7) is 0. The van der Waals surface area contributed by atoms with E-state index < -0.39 is 11.6 Å². The zero-order valence-electron chi connectivity index (χ0n) is 10.3. The molecule has 0 atom stereocenters. The highest BCUT2D eigenvalue weighted by Gasteiger charge is 2.06. The Morgan fingerprint density at radius 2 is 2.10 bits per heavy atom. The molecule has 0 unspecified atom stereocenters. The number of hydrogen-bond acceptors (Lipinski definition) is 4. The van der Waals surface area contributed by atoms with Crippen LogP contribution < -0.4 is 5.73 Å². The summed E-state index contributed by atoms with van der Waals surface area (Å²) in [6, 6.07) is 6.82. The quantitative estimate of drug-likeness (QED) is 0.299. The second kappa shape index (κ2) is 6.33. The minimum Gasteiger partial charge on any atom is -0.409 e. The van der Waals surface area contributed by atoms with Crippen molar-refractivity contribution in [3.8, 4) is 0 Å². The molecular weight excluding hydrogens is 284 g/mol. The van der Waals surface area contributed by atoms with Crippen LogP contribution in [0.25, 0.3) is 0 Å². The predicted octanol–water partition coefficient (Wildman–Crippen LogP) is 2.75. The number of nitrogens with two attached hydrogens (primary N) is 1. The molecule has 0 bridgehead atoms. The maximum atomic E-state index is 13.5. The van der Waals surface area contributed by atoms with Crippen LogP contribution in [-0.2, 0) is 5.75 Å². The number of thioether (sulfide) groups is 1. The van der Waals surface area contributed by atoms with Crippen molar-refractivity contribution >= 4 is 17.6 Å². The van der Waals surface area contributed by atoms with Crippen LogP contribution in [0.4, 0.5) is 8.78 Å². The minimum absolute atomic E-state index is 0.0928. The fraction of sp³-hybridized carbons (Fsp3) is 0.0769. The lowest BCUT2D eigenvalue weighted by Gasteiger charge is -2.05. The molecule has 20 heavy (non-hydrogen) atoms. The third kappa shape index (κ3) is 3.45. The number of rotatable bonds is 4. The normalized spacial score (nSPS) is 11.6. The van der Waals surface area contributed by atoms with Gasteiger partial charge in [0, 0.05) is 22.9 Å². The van der Waals surface area contributed by atoms with Crippen LogP contribution in [-0.4, -0.2) is 16.0 Å². The van der Waals surface area contributed by atoms with Crippen LogP contribution in [0, 0.1) is 11.6 Å². The standard InChI is InChI=1S/C13H11F2N3OS/c14-9-1-2-12(10(15)6-9)20-7-8-3-4-17-11(5-8)13(16)18-19/h1-6,19H,7H2,(H2,16,18). The van der Waals surface area contributed by atoms with Crippen molar-refractivity contribution in [2.45, 2.75) is 10.6 Å². The number of oxime groups is 1. The second-order valence-corrected chi connectivity index (χ2v) is 4.92. The number of benzene rings is 1. The first kappa shape index (κ1) is 14.3. The first-order valence-corrected chi connectivity index (χ1v) is 6.59. The van der Waals surface area contributed by atoms with Gasteiger partial charge in [-0.05, 0) is 29.8 Å². The maximum Gasteiger partial charge on any atom is 0.188 e. The molecule has 0 amide bonds. The average Bonchev–Trinajstić information content (AvgIpc) is 2.46. The van der Waals surface area contributed by atoms with Gasteiger partial charge in [-0.1, -0.05) is 5.16 Å². The molecule has 0 aliphatic rings. The highest BCUT2D eigenvalue weighted by molar-refractivity contribution is 7.98. The van der Waals surface area contributed by atoms with Gasteiger partial charge in [0.05, 0.1) is 0 Å². The van der Waals surface area contributed by atoms with Crippen molar-refractivity contribution in [2.24, 2.45) is 10.9 Å². The summed E-state index contributed by atoms with van der Waals surface area (Å²) in [5, 5.41) is 11.4. The lowest BCUT2D eigenvalue weighted by Crippen LogP contribution is -2.15. The summed E-state index contributed by atoms with van der Waals surface area (Å²) < 4.78 is 26.3. The Balaban J connectivity index is 2.11. The second-order valence-electron chi connectivity index (χ2n) is 3.90. The van der Waals surface area contributed by atoms with E-state index in [9.17, 15) is 8.78 Å². The van der Waals surface area contributed by atoms with Crippen LogP contribution >= 0.6 is 11.8 Å². The average molecular weight is 295 g/mol. The van der Waals surface area contributed by atoms with E-state index in [1.165, 1.54) is 30.1 Å². The Bertz CT molecular complexity index is 649. The van der Waals surface area contributed by atoms with Crippen LogP contribution in [0.5, 0.6) is 0 Å². The van der Waals surface area contributed by atoms with Gasteiger partial charge >= 0.3 is 0 Å². The molecule has 3 N–H and O–H groups in total. The molecule has 0 saturated heterocycles. The fourth-order valence-corrected chi connectivity index (χ4v) is 2.37. The van der Waals surface area contributed by atoms with Gasteiger partial charge in [0.15, 0.2) is 5.84 Å². The van der Waals surface area contributed by atoms with Crippen LogP contribution in [0.1, 0.15) is 11.3 Å². The third-order valence-electron chi connectivity index (χ3n) is 2.48. The Morgan fingerprint density at radius 3 is 2.80 bits per heavy atom. The summed E-state index contributed by atoms with van der Waals surface area (Å²) in [5.41, 5.74) is 6.61. The molecule has 104 valence electrons. The molecule has 1 heterocycles. The highest BCUT2D eigenvalue weighted by Crippen LogP contribution is 2.25. The van der Waals surface area contributed by atoms with E-state index in [1.807, 2.05) is 0 Å².